The van der Waals surface area contributed by atoms with Gasteiger partial charge in [0.05, 0.1) is 12.1 Å². The van der Waals surface area contributed by atoms with E-state index >= 15 is 0 Å². The van der Waals surface area contributed by atoms with Crippen molar-refractivity contribution in [1.29, 1.82) is 0 Å². The number of hydrogen-bond donors (Lipinski definition) is 10. The topological polar surface area (TPSA) is 326 Å². The molecule has 0 aliphatic carbocycles. The maximum Gasteiger partial charge on any atom is 0.238 e. The Kier molecular flexibility index (Phi) is 18.5. The lowest BCUT2D eigenvalue weighted by atomic mass is 9.84. The maximum absolute atomic E-state index is 13.4. The highest BCUT2D eigenvalue weighted by Gasteiger charge is 2.30. The molecule has 0 saturated carbocycles. The van der Waals surface area contributed by atoms with Gasteiger partial charge in [0.15, 0.2) is 23.7 Å². The lowest BCUT2D eigenvalue weighted by Crippen LogP contribution is -2.49. The Balaban J connectivity index is 5.69. The zero-order chi connectivity index (χ0) is 30.7. The first kappa shape index (κ1) is 36.4. The van der Waals surface area contributed by atoms with Crippen LogP contribution in [0.4, 0.5) is 0 Å². The van der Waals surface area contributed by atoms with E-state index in [0.717, 1.165) is 0 Å². The molecule has 2 amide bonds. The van der Waals surface area contributed by atoms with Crippen LogP contribution in [-0.4, -0.2) is 78.7 Å². The second-order valence-electron chi connectivity index (χ2n) is 9.33. The summed E-state index contributed by atoms with van der Waals surface area (Å²) in [4.78, 5) is 62.8. The van der Waals surface area contributed by atoms with Gasteiger partial charge in [0.1, 0.15) is 5.78 Å². The fraction of sp³-hybridized carbons (Fsp3) is 0.696. The molecular formula is C23H46N12O4S. The molecule has 4 unspecified atom stereocenters. The molecule has 228 valence electrons. The number of primary amides is 1. The molecule has 16 nitrogen and oxygen atoms in total. The zero-order valence-electron chi connectivity index (χ0n) is 22.8. The largest absolute Gasteiger partial charge is 0.370 e. The summed E-state index contributed by atoms with van der Waals surface area (Å²) < 4.78 is 0. The van der Waals surface area contributed by atoms with E-state index in [1.807, 2.05) is 0 Å². The number of carbonyl (C=O) groups is 4. The number of rotatable bonds is 22. The molecule has 0 radical (unpaired) electrons. The Bertz CT molecular complexity index is 916. The summed E-state index contributed by atoms with van der Waals surface area (Å²) in [6.45, 7) is 0.756. The van der Waals surface area contributed by atoms with Crippen molar-refractivity contribution in [1.82, 2.24) is 5.32 Å². The van der Waals surface area contributed by atoms with Crippen molar-refractivity contribution >= 4 is 53.9 Å². The third-order valence-corrected chi connectivity index (χ3v) is 6.34. The molecule has 0 heterocycles. The summed E-state index contributed by atoms with van der Waals surface area (Å²) in [5.41, 5.74) is 43.4. The van der Waals surface area contributed by atoms with Crippen molar-refractivity contribution < 1.29 is 19.2 Å². The summed E-state index contributed by atoms with van der Waals surface area (Å²) >= 11 is 4.02. The number of nitrogens with two attached hydrogens (primary N) is 8. The monoisotopic (exact) mass is 586 g/mol. The number of amides is 2. The third-order valence-electron chi connectivity index (χ3n) is 5.95. The van der Waals surface area contributed by atoms with E-state index in [4.69, 9.17) is 45.9 Å². The average molecular weight is 587 g/mol. The highest BCUT2D eigenvalue weighted by molar-refractivity contribution is 7.80. The van der Waals surface area contributed by atoms with E-state index in [0.29, 0.717) is 19.3 Å². The first-order valence-electron chi connectivity index (χ1n) is 13.0. The second-order valence-corrected chi connectivity index (χ2v) is 9.70. The van der Waals surface area contributed by atoms with Gasteiger partial charge in [-0.05, 0) is 38.5 Å². The van der Waals surface area contributed by atoms with Gasteiger partial charge in [-0.25, -0.2) is 0 Å². The third kappa shape index (κ3) is 17.1. The number of ketones is 2. The Labute approximate surface area is 240 Å². The van der Waals surface area contributed by atoms with E-state index in [-0.39, 0.29) is 86.9 Å². The highest BCUT2D eigenvalue weighted by Crippen LogP contribution is 2.22. The van der Waals surface area contributed by atoms with Gasteiger partial charge in [-0.3, -0.25) is 34.2 Å². The van der Waals surface area contributed by atoms with Crippen molar-refractivity contribution in [2.45, 2.75) is 63.5 Å². The minimum absolute atomic E-state index is 0.0737. The number of carbonyl (C=O) groups excluding carboxylic acids is 4. The van der Waals surface area contributed by atoms with Crippen LogP contribution in [0.3, 0.4) is 0 Å². The Morgan fingerprint density at radius 2 is 1.07 bits per heavy atom. The molecule has 40 heavy (non-hydrogen) atoms. The minimum atomic E-state index is -0.938. The molecule has 0 aliphatic rings. The molecule has 0 fully saturated rings. The van der Waals surface area contributed by atoms with Crippen molar-refractivity contribution in [3.05, 3.63) is 0 Å². The molecule has 0 aromatic rings. The SMILES string of the molecule is NC(=O)C(CCCN=C(N)N)CC(=O)C(CCCN=C(N)N)CC(=O)C(CCCN=C(N)N)NC(=O)C(N)CS. The summed E-state index contributed by atoms with van der Waals surface area (Å²) in [5.74, 6) is -3.64. The van der Waals surface area contributed by atoms with Crippen LogP contribution < -0.4 is 51.2 Å². The smallest absolute Gasteiger partial charge is 0.238 e. The molecule has 17 heteroatoms. The van der Waals surface area contributed by atoms with Crippen LogP contribution in [-0.2, 0) is 19.2 Å². The molecule has 0 bridgehead atoms. The second kappa shape index (κ2) is 20.3. The number of aliphatic imine (C=N–C) groups is 3. The van der Waals surface area contributed by atoms with Crippen LogP contribution in [0.25, 0.3) is 0 Å². The Hall–Kier alpha value is -3.60. The first-order chi connectivity index (χ1) is 18.8. The molecule has 0 rings (SSSR count). The number of hydrogen-bond acceptors (Lipinski definition) is 9. The normalized spacial score (nSPS) is 13.7. The van der Waals surface area contributed by atoms with Gasteiger partial charge in [-0.1, -0.05) is 0 Å². The first-order valence-corrected chi connectivity index (χ1v) is 13.6. The van der Waals surface area contributed by atoms with Crippen LogP contribution in [0.2, 0.25) is 0 Å². The lowest BCUT2D eigenvalue weighted by molar-refractivity contribution is -0.133. The van der Waals surface area contributed by atoms with Crippen molar-refractivity contribution in [2.24, 2.45) is 72.7 Å². The molecule has 17 N–H and O–H groups in total. The zero-order valence-corrected chi connectivity index (χ0v) is 23.7. The maximum atomic E-state index is 13.4. The summed E-state index contributed by atoms with van der Waals surface area (Å²) in [7, 11) is 0. The number of Topliss-reactive ketones (excluding diaryl/α,β-unsaturated/α-hetero) is 2. The Morgan fingerprint density at radius 1 is 0.650 bits per heavy atom. The van der Waals surface area contributed by atoms with Crippen LogP contribution >= 0.6 is 12.6 Å². The van der Waals surface area contributed by atoms with Gasteiger partial charge >= 0.3 is 0 Å². The minimum Gasteiger partial charge on any atom is -0.370 e. The van der Waals surface area contributed by atoms with Gasteiger partial charge in [0.25, 0.3) is 0 Å². The van der Waals surface area contributed by atoms with Gasteiger partial charge < -0.3 is 51.2 Å². The molecule has 0 aliphatic heterocycles. The standard InChI is InChI=1S/C23H46N12O4S/c24-15(12-40)20(39)35-16(6-3-9-34-23(30)31)18(37)10-13(4-1-7-32-21(26)27)17(36)11-14(19(25)38)5-2-8-33-22(28)29/h13-16,40H,1-12,24H2,(H2,25,38)(H,35,39)(H4,26,27,32)(H4,28,29,33)(H4,30,31,34). The molecule has 4 atom stereocenters. The van der Waals surface area contributed by atoms with Gasteiger partial charge in [0.2, 0.25) is 11.8 Å². The molecule has 0 saturated heterocycles. The fourth-order valence-corrected chi connectivity index (χ4v) is 3.95. The van der Waals surface area contributed by atoms with Gasteiger partial charge in [-0.15, -0.1) is 0 Å². The molecule has 0 aromatic carbocycles. The van der Waals surface area contributed by atoms with Crippen LogP contribution in [0.15, 0.2) is 15.0 Å². The van der Waals surface area contributed by atoms with Crippen LogP contribution in [0.1, 0.15) is 51.4 Å². The molecular weight excluding hydrogens is 540 g/mol. The van der Waals surface area contributed by atoms with E-state index in [1.165, 1.54) is 0 Å². The summed E-state index contributed by atoms with van der Waals surface area (Å²) in [6, 6.07) is -1.87. The number of thiol groups is 1. The fourth-order valence-electron chi connectivity index (χ4n) is 3.79. The van der Waals surface area contributed by atoms with E-state index in [9.17, 15) is 19.2 Å². The number of nitrogens with one attached hydrogen (secondary N) is 1. The lowest BCUT2D eigenvalue weighted by Gasteiger charge is -2.23. The van der Waals surface area contributed by atoms with E-state index < -0.39 is 35.7 Å². The van der Waals surface area contributed by atoms with Crippen molar-refractivity contribution in [3.8, 4) is 0 Å². The van der Waals surface area contributed by atoms with Crippen LogP contribution in [0.5, 0.6) is 0 Å². The molecule has 0 aromatic heterocycles. The predicted molar refractivity (Wildman–Crippen MR) is 159 cm³/mol. The van der Waals surface area contributed by atoms with Crippen LogP contribution in [0, 0.1) is 11.8 Å². The average Bonchev–Trinajstić information content (AvgIpc) is 2.87. The number of guanidine groups is 3. The summed E-state index contributed by atoms with van der Waals surface area (Å²) in [6.07, 6.45) is 1.63. The predicted octanol–water partition coefficient (Wildman–Crippen LogP) is -3.47. The van der Waals surface area contributed by atoms with E-state index in [1.54, 1.807) is 0 Å². The van der Waals surface area contributed by atoms with Crippen molar-refractivity contribution in [3.63, 3.8) is 0 Å². The van der Waals surface area contributed by atoms with Gasteiger partial charge in [0, 0.05) is 50.1 Å². The van der Waals surface area contributed by atoms with E-state index in [2.05, 4.69) is 32.9 Å². The highest BCUT2D eigenvalue weighted by atomic mass is 32.1. The van der Waals surface area contributed by atoms with Crippen molar-refractivity contribution in [2.75, 3.05) is 25.4 Å². The number of nitrogens with zero attached hydrogens (tertiary/aromatic N) is 3. The van der Waals surface area contributed by atoms with Gasteiger partial charge in [-0.2, -0.15) is 12.6 Å². The Morgan fingerprint density at radius 3 is 1.50 bits per heavy atom. The molecule has 0 spiro atoms. The quantitative estimate of drug-likeness (QED) is 0.0257. The summed E-state index contributed by atoms with van der Waals surface area (Å²) in [5, 5.41) is 2.64.